The Labute approximate surface area is 128 Å². The van der Waals surface area contributed by atoms with E-state index in [1.54, 1.807) is 0 Å². The fourth-order valence-corrected chi connectivity index (χ4v) is 2.61. The second kappa shape index (κ2) is 6.31. The van der Waals surface area contributed by atoms with Crippen LogP contribution in [-0.4, -0.2) is 20.6 Å². The molecule has 2 aromatic carbocycles. The van der Waals surface area contributed by atoms with E-state index in [2.05, 4.69) is 81.4 Å². The topological polar surface area (TPSA) is 29.3 Å². The van der Waals surface area contributed by atoms with Gasteiger partial charge in [0.15, 0.2) is 0 Å². The van der Waals surface area contributed by atoms with Gasteiger partial charge in [0, 0.05) is 31.7 Å². The van der Waals surface area contributed by atoms with Gasteiger partial charge in [-0.1, -0.05) is 48.9 Å². The van der Waals surface area contributed by atoms with Crippen LogP contribution in [0, 0.1) is 6.92 Å². The van der Waals surface area contributed by atoms with Gasteiger partial charge in [-0.15, -0.1) is 0 Å². The van der Waals surface area contributed by atoms with Crippen molar-refractivity contribution in [1.82, 2.24) is 0 Å². The lowest BCUT2D eigenvalue weighted by Crippen LogP contribution is -2.34. The summed E-state index contributed by atoms with van der Waals surface area (Å²) in [6.07, 6.45) is 0.959. The SMILES string of the molecule is Cc1ccc(C(C)(CN)Cc2ccc(N(C)C)cc2)cc1. The first-order valence-electron chi connectivity index (χ1n) is 7.48. The molecule has 0 radical (unpaired) electrons. The predicted octanol–water partition coefficient (Wildman–Crippen LogP) is 3.52. The number of rotatable bonds is 5. The maximum Gasteiger partial charge on any atom is 0.0361 e. The first kappa shape index (κ1) is 15.6. The maximum atomic E-state index is 6.09. The minimum Gasteiger partial charge on any atom is -0.378 e. The highest BCUT2D eigenvalue weighted by Gasteiger charge is 2.25. The number of anilines is 1. The molecule has 21 heavy (non-hydrogen) atoms. The van der Waals surface area contributed by atoms with Crippen LogP contribution >= 0.6 is 0 Å². The fourth-order valence-electron chi connectivity index (χ4n) is 2.61. The van der Waals surface area contributed by atoms with Crippen LogP contribution in [0.4, 0.5) is 5.69 Å². The molecule has 112 valence electrons. The smallest absolute Gasteiger partial charge is 0.0361 e. The summed E-state index contributed by atoms with van der Waals surface area (Å²) in [5, 5.41) is 0. The summed E-state index contributed by atoms with van der Waals surface area (Å²) in [5.74, 6) is 0. The number of benzene rings is 2. The third kappa shape index (κ3) is 3.64. The molecule has 0 aliphatic carbocycles. The summed E-state index contributed by atoms with van der Waals surface area (Å²) >= 11 is 0. The molecule has 0 aliphatic heterocycles. The van der Waals surface area contributed by atoms with Crippen LogP contribution < -0.4 is 10.6 Å². The summed E-state index contributed by atoms with van der Waals surface area (Å²) in [5.41, 5.74) is 11.2. The van der Waals surface area contributed by atoms with Gasteiger partial charge in [0.25, 0.3) is 0 Å². The van der Waals surface area contributed by atoms with Gasteiger partial charge in [0.1, 0.15) is 0 Å². The molecule has 0 saturated heterocycles. The largest absolute Gasteiger partial charge is 0.378 e. The first-order chi connectivity index (χ1) is 9.94. The van der Waals surface area contributed by atoms with Gasteiger partial charge in [-0.05, 0) is 36.6 Å². The molecule has 2 nitrogen and oxygen atoms in total. The Morgan fingerprint density at radius 2 is 1.52 bits per heavy atom. The summed E-state index contributed by atoms with van der Waals surface area (Å²) in [4.78, 5) is 2.12. The maximum absolute atomic E-state index is 6.09. The molecule has 1 atom stereocenters. The molecular formula is C19H26N2. The lowest BCUT2D eigenvalue weighted by Gasteiger charge is -2.29. The van der Waals surface area contributed by atoms with E-state index in [4.69, 9.17) is 5.73 Å². The van der Waals surface area contributed by atoms with Gasteiger partial charge in [0.05, 0.1) is 0 Å². The minimum atomic E-state index is -0.0205. The minimum absolute atomic E-state index is 0.0205. The van der Waals surface area contributed by atoms with E-state index < -0.39 is 0 Å². The van der Waals surface area contributed by atoms with Gasteiger partial charge < -0.3 is 10.6 Å². The van der Waals surface area contributed by atoms with E-state index >= 15 is 0 Å². The molecule has 0 heterocycles. The van der Waals surface area contributed by atoms with Gasteiger partial charge in [-0.3, -0.25) is 0 Å². The third-order valence-corrected chi connectivity index (χ3v) is 4.25. The van der Waals surface area contributed by atoms with Gasteiger partial charge in [-0.2, -0.15) is 0 Å². The zero-order valence-corrected chi connectivity index (χ0v) is 13.6. The van der Waals surface area contributed by atoms with Gasteiger partial charge in [-0.25, -0.2) is 0 Å². The lowest BCUT2D eigenvalue weighted by atomic mass is 9.77. The molecule has 0 aromatic heterocycles. The van der Waals surface area contributed by atoms with Crippen molar-refractivity contribution in [3.05, 3.63) is 65.2 Å². The summed E-state index contributed by atoms with van der Waals surface area (Å²) in [6.45, 7) is 5.01. The van der Waals surface area contributed by atoms with Crippen molar-refractivity contribution in [1.29, 1.82) is 0 Å². The van der Waals surface area contributed by atoms with Gasteiger partial charge in [0.2, 0.25) is 0 Å². The van der Waals surface area contributed by atoms with Crippen LogP contribution in [0.5, 0.6) is 0 Å². The normalized spacial score (nSPS) is 13.8. The number of hydrogen-bond acceptors (Lipinski definition) is 2. The third-order valence-electron chi connectivity index (χ3n) is 4.25. The molecule has 1 unspecified atom stereocenters. The van der Waals surface area contributed by atoms with Crippen molar-refractivity contribution in [3.8, 4) is 0 Å². The second-order valence-corrected chi connectivity index (χ2v) is 6.37. The molecule has 0 bridgehead atoms. The Morgan fingerprint density at radius 3 is 2.00 bits per heavy atom. The Hall–Kier alpha value is -1.80. The van der Waals surface area contributed by atoms with Crippen LogP contribution in [0.2, 0.25) is 0 Å². The molecule has 2 aromatic rings. The molecular weight excluding hydrogens is 256 g/mol. The molecule has 0 saturated carbocycles. The molecule has 0 spiro atoms. The molecule has 2 N–H and O–H groups in total. The van der Waals surface area contributed by atoms with Crippen molar-refractivity contribution in [2.45, 2.75) is 25.7 Å². The first-order valence-corrected chi connectivity index (χ1v) is 7.48. The monoisotopic (exact) mass is 282 g/mol. The zero-order chi connectivity index (χ0) is 15.5. The Balaban J connectivity index is 2.23. The van der Waals surface area contributed by atoms with Crippen molar-refractivity contribution >= 4 is 5.69 Å². The average molecular weight is 282 g/mol. The van der Waals surface area contributed by atoms with Crippen LogP contribution in [0.3, 0.4) is 0 Å². The molecule has 0 fully saturated rings. The van der Waals surface area contributed by atoms with E-state index in [-0.39, 0.29) is 5.41 Å². The van der Waals surface area contributed by atoms with E-state index in [9.17, 15) is 0 Å². The zero-order valence-electron chi connectivity index (χ0n) is 13.6. The predicted molar refractivity (Wildman–Crippen MR) is 92.1 cm³/mol. The highest BCUT2D eigenvalue weighted by atomic mass is 15.1. The summed E-state index contributed by atoms with van der Waals surface area (Å²) in [7, 11) is 4.12. The highest BCUT2D eigenvalue weighted by Crippen LogP contribution is 2.28. The van der Waals surface area contributed by atoms with E-state index in [0.29, 0.717) is 6.54 Å². The van der Waals surface area contributed by atoms with Crippen LogP contribution in [0.15, 0.2) is 48.5 Å². The Kier molecular flexibility index (Phi) is 4.69. The Bertz CT molecular complexity index is 570. The number of hydrogen-bond donors (Lipinski definition) is 1. The van der Waals surface area contributed by atoms with Crippen molar-refractivity contribution < 1.29 is 0 Å². The second-order valence-electron chi connectivity index (χ2n) is 6.37. The highest BCUT2D eigenvalue weighted by molar-refractivity contribution is 5.46. The fraction of sp³-hybridized carbons (Fsp3) is 0.368. The van der Waals surface area contributed by atoms with Gasteiger partial charge >= 0.3 is 0 Å². The molecule has 2 heteroatoms. The van der Waals surface area contributed by atoms with Crippen molar-refractivity contribution in [2.75, 3.05) is 25.5 Å². The number of nitrogens with two attached hydrogens (primary N) is 1. The molecule has 0 amide bonds. The molecule has 0 aliphatic rings. The summed E-state index contributed by atoms with van der Waals surface area (Å²) in [6, 6.07) is 17.5. The Morgan fingerprint density at radius 1 is 0.952 bits per heavy atom. The van der Waals surface area contributed by atoms with Crippen molar-refractivity contribution in [3.63, 3.8) is 0 Å². The lowest BCUT2D eigenvalue weighted by molar-refractivity contribution is 0.481. The van der Waals surface area contributed by atoms with E-state index in [0.717, 1.165) is 6.42 Å². The van der Waals surface area contributed by atoms with Crippen LogP contribution in [0.25, 0.3) is 0 Å². The van der Waals surface area contributed by atoms with Crippen molar-refractivity contribution in [2.24, 2.45) is 5.73 Å². The van der Waals surface area contributed by atoms with Crippen LogP contribution in [0.1, 0.15) is 23.6 Å². The average Bonchev–Trinajstić information content (AvgIpc) is 2.48. The quantitative estimate of drug-likeness (QED) is 0.909. The standard InChI is InChI=1S/C19H26N2/c1-15-5-9-17(10-6-15)19(2,14-20)13-16-7-11-18(12-8-16)21(3)4/h5-12H,13-14,20H2,1-4H3. The van der Waals surface area contributed by atoms with Crippen LogP contribution in [-0.2, 0) is 11.8 Å². The number of aryl methyl sites for hydroxylation is 1. The van der Waals surface area contributed by atoms with E-state index in [1.807, 2.05) is 0 Å². The van der Waals surface area contributed by atoms with E-state index in [1.165, 1.54) is 22.4 Å². The summed E-state index contributed by atoms with van der Waals surface area (Å²) < 4.78 is 0. The number of nitrogens with zero attached hydrogens (tertiary/aromatic N) is 1. The molecule has 2 rings (SSSR count).